The van der Waals surface area contributed by atoms with Gasteiger partial charge in [0.1, 0.15) is 17.5 Å². The number of rotatable bonds is 3. The summed E-state index contributed by atoms with van der Waals surface area (Å²) >= 11 is 3.04. The minimum Gasteiger partial charge on any atom is -0.382 e. The lowest BCUT2D eigenvalue weighted by Gasteiger charge is -2.06. The van der Waals surface area contributed by atoms with Crippen molar-refractivity contribution in [2.24, 2.45) is 0 Å². The third-order valence-corrected chi connectivity index (χ3v) is 3.11. The van der Waals surface area contributed by atoms with Crippen molar-refractivity contribution in [3.05, 3.63) is 33.8 Å². The van der Waals surface area contributed by atoms with E-state index in [-0.39, 0.29) is 11.4 Å². The van der Waals surface area contributed by atoms with Gasteiger partial charge in [0, 0.05) is 10.0 Å². The van der Waals surface area contributed by atoms with E-state index in [1.54, 1.807) is 0 Å². The Morgan fingerprint density at radius 2 is 1.94 bits per heavy atom. The quantitative estimate of drug-likeness (QED) is 0.908. The van der Waals surface area contributed by atoms with Crippen molar-refractivity contribution in [2.45, 2.75) is 19.8 Å². The van der Waals surface area contributed by atoms with Crippen molar-refractivity contribution in [1.82, 2.24) is 10.2 Å². The standard InChI is InChI=1S/C12H12BrF2N3/c1-2-3-7-11(17-18-12(7)16)10-8(14)4-6(13)5-9(10)15/h4-5H,2-3H2,1H3,(H3,16,17,18). The third-order valence-electron chi connectivity index (χ3n) is 2.66. The van der Waals surface area contributed by atoms with Crippen LogP contribution in [0.3, 0.4) is 0 Å². The van der Waals surface area contributed by atoms with Crippen molar-refractivity contribution >= 4 is 21.7 Å². The maximum Gasteiger partial charge on any atom is 0.149 e. The Bertz CT molecular complexity index is 558. The highest BCUT2D eigenvalue weighted by Crippen LogP contribution is 2.32. The van der Waals surface area contributed by atoms with E-state index in [4.69, 9.17) is 5.73 Å². The Hall–Kier alpha value is -1.43. The fourth-order valence-corrected chi connectivity index (χ4v) is 2.27. The van der Waals surface area contributed by atoms with Crippen molar-refractivity contribution in [1.29, 1.82) is 0 Å². The lowest BCUT2D eigenvalue weighted by molar-refractivity contribution is 0.586. The second-order valence-electron chi connectivity index (χ2n) is 3.96. The molecule has 3 N–H and O–H groups in total. The number of H-pyrrole nitrogens is 1. The Kier molecular flexibility index (Phi) is 3.65. The van der Waals surface area contributed by atoms with Gasteiger partial charge in [-0.2, -0.15) is 5.10 Å². The molecular weight excluding hydrogens is 304 g/mol. The lowest BCUT2D eigenvalue weighted by Crippen LogP contribution is -1.96. The van der Waals surface area contributed by atoms with Gasteiger partial charge in [-0.1, -0.05) is 29.3 Å². The molecule has 0 aliphatic rings. The molecule has 2 rings (SSSR count). The van der Waals surface area contributed by atoms with Gasteiger partial charge in [0.15, 0.2) is 0 Å². The summed E-state index contributed by atoms with van der Waals surface area (Å²) in [5.41, 5.74) is 6.55. The van der Waals surface area contributed by atoms with Gasteiger partial charge < -0.3 is 5.73 Å². The van der Waals surface area contributed by atoms with Crippen LogP contribution >= 0.6 is 15.9 Å². The zero-order valence-electron chi connectivity index (χ0n) is 9.73. The zero-order valence-corrected chi connectivity index (χ0v) is 11.3. The molecule has 1 heterocycles. The number of nitrogens with one attached hydrogen (secondary N) is 1. The lowest BCUT2D eigenvalue weighted by atomic mass is 10.0. The first-order valence-corrected chi connectivity index (χ1v) is 6.31. The van der Waals surface area contributed by atoms with Crippen LogP contribution in [0.25, 0.3) is 11.3 Å². The van der Waals surface area contributed by atoms with Gasteiger partial charge in [-0.25, -0.2) is 8.78 Å². The third kappa shape index (κ3) is 2.25. The topological polar surface area (TPSA) is 54.7 Å². The number of nitrogen functional groups attached to an aromatic ring is 1. The summed E-state index contributed by atoms with van der Waals surface area (Å²) in [4.78, 5) is 0. The molecule has 96 valence electrons. The summed E-state index contributed by atoms with van der Waals surface area (Å²) in [6.07, 6.45) is 1.43. The molecule has 0 bridgehead atoms. The van der Waals surface area contributed by atoms with Crippen LogP contribution < -0.4 is 5.73 Å². The van der Waals surface area contributed by atoms with Gasteiger partial charge in [-0.15, -0.1) is 0 Å². The predicted octanol–water partition coefficient (Wildman–Crippen LogP) is 3.65. The molecule has 0 atom stereocenters. The van der Waals surface area contributed by atoms with Crippen molar-refractivity contribution < 1.29 is 8.78 Å². The highest BCUT2D eigenvalue weighted by atomic mass is 79.9. The number of hydrogen-bond donors (Lipinski definition) is 2. The van der Waals surface area contributed by atoms with E-state index in [0.717, 1.165) is 6.42 Å². The molecule has 0 aliphatic carbocycles. The number of nitrogens with two attached hydrogens (primary N) is 1. The van der Waals surface area contributed by atoms with Gasteiger partial charge in [-0.3, -0.25) is 5.10 Å². The van der Waals surface area contributed by atoms with Gasteiger partial charge in [0.2, 0.25) is 0 Å². The molecule has 0 radical (unpaired) electrons. The molecule has 0 saturated heterocycles. The highest BCUT2D eigenvalue weighted by Gasteiger charge is 2.19. The number of anilines is 1. The smallest absolute Gasteiger partial charge is 0.149 e. The van der Waals surface area contributed by atoms with Gasteiger partial charge in [-0.05, 0) is 18.6 Å². The number of aromatic nitrogens is 2. The molecule has 0 fully saturated rings. The van der Waals surface area contributed by atoms with Crippen LogP contribution in [0, 0.1) is 11.6 Å². The van der Waals surface area contributed by atoms with Crippen molar-refractivity contribution in [2.75, 3.05) is 5.73 Å². The fraction of sp³-hybridized carbons (Fsp3) is 0.250. The SMILES string of the molecule is CCCc1c(N)n[nH]c1-c1c(F)cc(Br)cc1F. The van der Waals surface area contributed by atoms with E-state index < -0.39 is 11.6 Å². The number of aromatic amines is 1. The second-order valence-corrected chi connectivity index (χ2v) is 4.87. The molecule has 1 aromatic carbocycles. The van der Waals surface area contributed by atoms with Crippen LogP contribution in [0.5, 0.6) is 0 Å². The van der Waals surface area contributed by atoms with Crippen LogP contribution in [-0.2, 0) is 6.42 Å². The Balaban J connectivity index is 2.62. The molecule has 0 aliphatic heterocycles. The van der Waals surface area contributed by atoms with Crippen LogP contribution in [0.15, 0.2) is 16.6 Å². The summed E-state index contributed by atoms with van der Waals surface area (Å²) < 4.78 is 28.1. The second kappa shape index (κ2) is 5.06. The average molecular weight is 316 g/mol. The summed E-state index contributed by atoms with van der Waals surface area (Å²) in [7, 11) is 0. The Labute approximate surface area is 112 Å². The van der Waals surface area contributed by atoms with Crippen molar-refractivity contribution in [3.8, 4) is 11.3 Å². The van der Waals surface area contributed by atoms with E-state index in [9.17, 15) is 8.78 Å². The molecule has 0 saturated carbocycles. The van der Waals surface area contributed by atoms with Crippen LogP contribution in [0.2, 0.25) is 0 Å². The van der Waals surface area contributed by atoms with E-state index in [1.165, 1.54) is 12.1 Å². The summed E-state index contributed by atoms with van der Waals surface area (Å²) in [6, 6.07) is 2.43. The van der Waals surface area contributed by atoms with E-state index in [0.29, 0.717) is 22.2 Å². The minimum atomic E-state index is -0.650. The normalized spacial score (nSPS) is 10.9. The maximum atomic E-state index is 13.9. The van der Waals surface area contributed by atoms with E-state index in [1.807, 2.05) is 6.92 Å². The number of nitrogens with zero attached hydrogens (tertiary/aromatic N) is 1. The fourth-order valence-electron chi connectivity index (χ4n) is 1.87. The zero-order chi connectivity index (χ0) is 13.3. The summed E-state index contributed by atoms with van der Waals surface area (Å²) in [5, 5.41) is 6.43. The summed E-state index contributed by atoms with van der Waals surface area (Å²) in [5.74, 6) is -1.01. The maximum absolute atomic E-state index is 13.9. The Morgan fingerprint density at radius 1 is 1.33 bits per heavy atom. The summed E-state index contributed by atoms with van der Waals surface area (Å²) in [6.45, 7) is 1.96. The molecule has 3 nitrogen and oxygen atoms in total. The predicted molar refractivity (Wildman–Crippen MR) is 70.0 cm³/mol. The average Bonchev–Trinajstić information content (AvgIpc) is 2.61. The molecule has 2 aromatic rings. The molecular formula is C12H12BrF2N3. The highest BCUT2D eigenvalue weighted by molar-refractivity contribution is 9.10. The van der Waals surface area contributed by atoms with Crippen LogP contribution in [0.4, 0.5) is 14.6 Å². The van der Waals surface area contributed by atoms with E-state index in [2.05, 4.69) is 26.1 Å². The first-order chi connectivity index (χ1) is 8.54. The number of hydrogen-bond acceptors (Lipinski definition) is 2. The molecule has 18 heavy (non-hydrogen) atoms. The van der Waals surface area contributed by atoms with Gasteiger partial charge >= 0.3 is 0 Å². The van der Waals surface area contributed by atoms with Crippen LogP contribution in [-0.4, -0.2) is 10.2 Å². The molecule has 1 aromatic heterocycles. The Morgan fingerprint density at radius 3 is 2.50 bits per heavy atom. The van der Waals surface area contributed by atoms with Gasteiger partial charge in [0.05, 0.1) is 11.3 Å². The number of benzene rings is 1. The molecule has 6 heteroatoms. The molecule has 0 amide bonds. The van der Waals surface area contributed by atoms with Crippen molar-refractivity contribution in [3.63, 3.8) is 0 Å². The molecule has 0 unspecified atom stereocenters. The van der Waals surface area contributed by atoms with Gasteiger partial charge in [0.25, 0.3) is 0 Å². The van der Waals surface area contributed by atoms with E-state index >= 15 is 0 Å². The first kappa shape index (κ1) is 13.0. The number of halogens is 3. The molecule has 0 spiro atoms. The largest absolute Gasteiger partial charge is 0.382 e. The first-order valence-electron chi connectivity index (χ1n) is 5.52. The monoisotopic (exact) mass is 315 g/mol. The minimum absolute atomic E-state index is 0.120. The van der Waals surface area contributed by atoms with Crippen LogP contribution in [0.1, 0.15) is 18.9 Å².